The van der Waals surface area contributed by atoms with Gasteiger partial charge in [-0.25, -0.2) is 4.39 Å². The summed E-state index contributed by atoms with van der Waals surface area (Å²) in [6, 6.07) is 16.0. The zero-order chi connectivity index (χ0) is 24.9. The number of nitro benzene ring substituents is 1. The van der Waals surface area contributed by atoms with Crippen molar-refractivity contribution in [2.75, 3.05) is 6.54 Å². The topological polar surface area (TPSA) is 107 Å². The Kier molecular flexibility index (Phi) is 7.62. The van der Waals surface area contributed by atoms with Crippen molar-refractivity contribution < 1.29 is 26.7 Å². The fourth-order valence-corrected chi connectivity index (χ4v) is 4.17. The van der Waals surface area contributed by atoms with Gasteiger partial charge in [0.05, 0.1) is 4.92 Å². The molecule has 3 rings (SSSR count). The first-order valence-corrected chi connectivity index (χ1v) is 11.8. The number of carbonyl (C=O) groups is 1. The number of non-ortho nitro benzene ring substituents is 1. The Morgan fingerprint density at radius 2 is 1.71 bits per heavy atom. The van der Waals surface area contributed by atoms with Gasteiger partial charge in [-0.05, 0) is 53.9 Å². The Morgan fingerprint density at radius 3 is 2.29 bits per heavy atom. The summed E-state index contributed by atoms with van der Waals surface area (Å²) in [7, 11) is -4.13. The lowest BCUT2D eigenvalue weighted by atomic mass is 10.1. The molecule has 1 amide bonds. The SMILES string of the molecule is CC(C)CN(Cc1ccc(OS(=O)(=O)c2ccc(F)cc2)cc1)C(=O)c1cccc([N+](=O)[O-])c1. The minimum absolute atomic E-state index is 0.0634. The first-order chi connectivity index (χ1) is 16.0. The lowest BCUT2D eigenvalue weighted by Crippen LogP contribution is -2.33. The van der Waals surface area contributed by atoms with E-state index in [-0.39, 0.29) is 40.3 Å². The molecular formula is C24H23FN2O6S. The van der Waals surface area contributed by atoms with Gasteiger partial charge < -0.3 is 9.08 Å². The maximum absolute atomic E-state index is 13.1. The van der Waals surface area contributed by atoms with Crippen LogP contribution in [0.15, 0.2) is 77.7 Å². The van der Waals surface area contributed by atoms with Crippen molar-refractivity contribution in [3.05, 3.63) is 99.9 Å². The molecule has 0 unspecified atom stereocenters. The number of halogens is 1. The van der Waals surface area contributed by atoms with E-state index in [0.29, 0.717) is 12.1 Å². The van der Waals surface area contributed by atoms with Crippen molar-refractivity contribution in [3.63, 3.8) is 0 Å². The van der Waals surface area contributed by atoms with Crippen molar-refractivity contribution in [1.29, 1.82) is 0 Å². The first-order valence-electron chi connectivity index (χ1n) is 10.4. The standard InChI is InChI=1S/C24H23FN2O6S/c1-17(2)15-26(24(28)19-4-3-5-21(14-19)27(29)30)16-18-6-10-22(11-7-18)33-34(31,32)23-12-8-20(25)9-13-23/h3-14,17H,15-16H2,1-2H3. The summed E-state index contributed by atoms with van der Waals surface area (Å²) in [5.41, 5.74) is 0.755. The lowest BCUT2D eigenvalue weighted by molar-refractivity contribution is -0.384. The normalized spacial score (nSPS) is 11.3. The molecule has 0 aromatic heterocycles. The van der Waals surface area contributed by atoms with Gasteiger partial charge in [0.25, 0.3) is 11.6 Å². The van der Waals surface area contributed by atoms with Crippen LogP contribution in [0.4, 0.5) is 10.1 Å². The highest BCUT2D eigenvalue weighted by Gasteiger charge is 2.20. The molecule has 0 saturated heterocycles. The molecule has 3 aromatic carbocycles. The molecule has 0 radical (unpaired) electrons. The molecule has 178 valence electrons. The Morgan fingerprint density at radius 1 is 1.06 bits per heavy atom. The molecule has 0 spiro atoms. The van der Waals surface area contributed by atoms with E-state index in [1.165, 1.54) is 36.4 Å². The Bertz CT molecular complexity index is 1280. The van der Waals surface area contributed by atoms with Crippen LogP contribution in [-0.2, 0) is 16.7 Å². The van der Waals surface area contributed by atoms with Crippen LogP contribution >= 0.6 is 0 Å². The van der Waals surface area contributed by atoms with Crippen molar-refractivity contribution in [1.82, 2.24) is 4.90 Å². The Balaban J connectivity index is 1.76. The van der Waals surface area contributed by atoms with Gasteiger partial charge in [-0.15, -0.1) is 0 Å². The summed E-state index contributed by atoms with van der Waals surface area (Å²) in [6.45, 7) is 4.53. The third-order valence-electron chi connectivity index (χ3n) is 4.78. The molecule has 0 heterocycles. The predicted octanol–water partition coefficient (Wildman–Crippen LogP) is 4.80. The summed E-state index contributed by atoms with van der Waals surface area (Å²) in [4.78, 5) is 25.0. The smallest absolute Gasteiger partial charge is 0.339 e. The molecule has 10 heteroatoms. The number of nitrogens with zero attached hydrogens (tertiary/aromatic N) is 2. The van der Waals surface area contributed by atoms with Crippen LogP contribution in [0, 0.1) is 21.8 Å². The fraction of sp³-hybridized carbons (Fsp3) is 0.208. The lowest BCUT2D eigenvalue weighted by Gasteiger charge is -2.25. The monoisotopic (exact) mass is 486 g/mol. The first kappa shape index (κ1) is 24.8. The number of amides is 1. The van der Waals surface area contributed by atoms with Crippen LogP contribution in [0.5, 0.6) is 5.75 Å². The Hall–Kier alpha value is -3.79. The van der Waals surface area contributed by atoms with Crippen molar-refractivity contribution >= 4 is 21.7 Å². The summed E-state index contributed by atoms with van der Waals surface area (Å²) in [5, 5.41) is 11.1. The van der Waals surface area contributed by atoms with Gasteiger partial charge in [0.15, 0.2) is 0 Å². The predicted molar refractivity (Wildman–Crippen MR) is 123 cm³/mol. The molecule has 0 fully saturated rings. The van der Waals surface area contributed by atoms with Crippen molar-refractivity contribution in [2.24, 2.45) is 5.92 Å². The van der Waals surface area contributed by atoms with Crippen LogP contribution < -0.4 is 4.18 Å². The second-order valence-electron chi connectivity index (χ2n) is 8.02. The molecule has 0 bridgehead atoms. The molecule has 0 saturated carbocycles. The molecular weight excluding hydrogens is 463 g/mol. The number of nitro groups is 1. The summed E-state index contributed by atoms with van der Waals surface area (Å²) >= 11 is 0. The third kappa shape index (κ3) is 6.38. The third-order valence-corrected chi connectivity index (χ3v) is 6.04. The second kappa shape index (κ2) is 10.4. The number of carbonyl (C=O) groups excluding carboxylic acids is 1. The number of hydrogen-bond donors (Lipinski definition) is 0. The number of rotatable bonds is 9. The van der Waals surface area contributed by atoms with Crippen LogP contribution in [0.2, 0.25) is 0 Å². The summed E-state index contributed by atoms with van der Waals surface area (Å²) in [5.74, 6) is -0.704. The maximum atomic E-state index is 13.1. The second-order valence-corrected chi connectivity index (χ2v) is 9.57. The fourth-order valence-electron chi connectivity index (χ4n) is 3.24. The largest absolute Gasteiger partial charge is 0.379 e. The van der Waals surface area contributed by atoms with Gasteiger partial charge in [0.2, 0.25) is 0 Å². The van der Waals surface area contributed by atoms with E-state index in [1.807, 2.05) is 13.8 Å². The van der Waals surface area contributed by atoms with Gasteiger partial charge in [0.1, 0.15) is 16.5 Å². The minimum Gasteiger partial charge on any atom is -0.379 e. The highest BCUT2D eigenvalue weighted by Crippen LogP contribution is 2.22. The van der Waals surface area contributed by atoms with Gasteiger partial charge in [0, 0.05) is 30.8 Å². The highest BCUT2D eigenvalue weighted by molar-refractivity contribution is 7.87. The minimum atomic E-state index is -4.13. The van der Waals surface area contributed by atoms with E-state index < -0.39 is 20.9 Å². The number of benzene rings is 3. The summed E-state index contributed by atoms with van der Waals surface area (Å²) < 4.78 is 42.9. The van der Waals surface area contributed by atoms with E-state index in [1.54, 1.807) is 17.0 Å². The van der Waals surface area contributed by atoms with E-state index in [4.69, 9.17) is 4.18 Å². The average molecular weight is 487 g/mol. The zero-order valence-corrected chi connectivity index (χ0v) is 19.4. The van der Waals surface area contributed by atoms with E-state index in [0.717, 1.165) is 24.3 Å². The van der Waals surface area contributed by atoms with Crippen molar-refractivity contribution in [2.45, 2.75) is 25.3 Å². The van der Waals surface area contributed by atoms with Crippen LogP contribution in [0.25, 0.3) is 0 Å². The van der Waals surface area contributed by atoms with E-state index in [9.17, 15) is 27.7 Å². The van der Waals surface area contributed by atoms with Gasteiger partial charge in [-0.3, -0.25) is 14.9 Å². The number of hydrogen-bond acceptors (Lipinski definition) is 6. The van der Waals surface area contributed by atoms with Gasteiger partial charge in [-0.2, -0.15) is 8.42 Å². The Labute approximate surface area is 196 Å². The zero-order valence-electron chi connectivity index (χ0n) is 18.5. The molecule has 0 aliphatic rings. The van der Waals surface area contributed by atoms with E-state index in [2.05, 4.69) is 0 Å². The molecule has 3 aromatic rings. The van der Waals surface area contributed by atoms with E-state index >= 15 is 0 Å². The molecule has 0 N–H and O–H groups in total. The maximum Gasteiger partial charge on any atom is 0.339 e. The molecule has 0 aliphatic carbocycles. The summed E-state index contributed by atoms with van der Waals surface area (Å²) in [6.07, 6.45) is 0. The molecule has 34 heavy (non-hydrogen) atoms. The average Bonchev–Trinajstić information content (AvgIpc) is 2.79. The molecule has 0 atom stereocenters. The molecule has 8 nitrogen and oxygen atoms in total. The van der Waals surface area contributed by atoms with Crippen LogP contribution in [0.1, 0.15) is 29.8 Å². The van der Waals surface area contributed by atoms with Crippen molar-refractivity contribution in [3.8, 4) is 5.75 Å². The van der Waals surface area contributed by atoms with Crippen LogP contribution in [-0.4, -0.2) is 30.7 Å². The molecule has 0 aliphatic heterocycles. The van der Waals surface area contributed by atoms with Crippen LogP contribution in [0.3, 0.4) is 0 Å². The quantitative estimate of drug-likeness (QED) is 0.244. The highest BCUT2D eigenvalue weighted by atomic mass is 32.2. The van der Waals surface area contributed by atoms with Gasteiger partial charge >= 0.3 is 10.1 Å². The van der Waals surface area contributed by atoms with Gasteiger partial charge in [-0.1, -0.05) is 32.0 Å².